The minimum Gasteiger partial charge on any atom is -0.387 e. The topological polar surface area (TPSA) is 94.2 Å². The van der Waals surface area contributed by atoms with Crippen molar-refractivity contribution in [2.75, 3.05) is 13.1 Å². The summed E-state index contributed by atoms with van der Waals surface area (Å²) in [5.41, 5.74) is 6.76. The average molecular weight is 260 g/mol. The Kier molecular flexibility index (Phi) is 4.33. The maximum atomic E-state index is 7.98. The molecule has 0 amide bonds. The van der Waals surface area contributed by atoms with Crippen molar-refractivity contribution in [3.05, 3.63) is 17.8 Å². The number of rotatable bonds is 4. The average Bonchev–Trinajstić information content (AvgIpc) is 3.00. The first-order valence-electron chi connectivity index (χ1n) is 6.52. The third-order valence-corrected chi connectivity index (χ3v) is 3.02. The zero-order valence-corrected chi connectivity index (χ0v) is 11.2. The van der Waals surface area contributed by atoms with Gasteiger partial charge in [0, 0.05) is 19.2 Å². The van der Waals surface area contributed by atoms with Gasteiger partial charge >= 0.3 is 0 Å². The zero-order chi connectivity index (χ0) is 13.7. The number of hydrogen-bond donors (Lipinski definition) is 3. The van der Waals surface area contributed by atoms with Gasteiger partial charge in [-0.1, -0.05) is 6.08 Å². The molecule has 0 saturated carbocycles. The van der Waals surface area contributed by atoms with Crippen LogP contribution in [-0.4, -0.2) is 39.9 Å². The first-order valence-corrected chi connectivity index (χ1v) is 6.52. The van der Waals surface area contributed by atoms with E-state index in [4.69, 9.17) is 11.1 Å². The fourth-order valence-electron chi connectivity index (χ4n) is 2.10. The molecule has 2 rings (SSSR count). The van der Waals surface area contributed by atoms with Crippen LogP contribution in [0.2, 0.25) is 0 Å². The van der Waals surface area contributed by atoms with Gasteiger partial charge in [0.15, 0.2) is 5.82 Å². The predicted molar refractivity (Wildman–Crippen MR) is 77.7 cm³/mol. The third kappa shape index (κ3) is 3.67. The van der Waals surface area contributed by atoms with Crippen LogP contribution in [0.25, 0.3) is 6.08 Å². The number of amidine groups is 2. The van der Waals surface area contributed by atoms with E-state index < -0.39 is 0 Å². The summed E-state index contributed by atoms with van der Waals surface area (Å²) in [5, 5.41) is 14.9. The largest absolute Gasteiger partial charge is 0.387 e. The van der Waals surface area contributed by atoms with Gasteiger partial charge in [-0.3, -0.25) is 10.5 Å². The summed E-state index contributed by atoms with van der Waals surface area (Å²) in [6.07, 6.45) is 6.53. The van der Waals surface area contributed by atoms with Crippen LogP contribution in [0.1, 0.15) is 31.9 Å². The summed E-state index contributed by atoms with van der Waals surface area (Å²) in [5.74, 6) is 1.53. The van der Waals surface area contributed by atoms with Crippen molar-refractivity contribution in [1.82, 2.24) is 15.1 Å². The Labute approximate surface area is 112 Å². The van der Waals surface area contributed by atoms with Crippen molar-refractivity contribution in [3.8, 4) is 0 Å². The molecular weight excluding hydrogens is 240 g/mol. The second-order valence-corrected chi connectivity index (χ2v) is 4.60. The lowest BCUT2D eigenvalue weighted by molar-refractivity contribution is 0.509. The molecule has 0 atom stereocenters. The predicted octanol–water partition coefficient (Wildman–Crippen LogP) is 1.89. The first kappa shape index (κ1) is 13.3. The Morgan fingerprint density at radius 2 is 2.32 bits per heavy atom. The van der Waals surface area contributed by atoms with Crippen molar-refractivity contribution < 1.29 is 0 Å². The van der Waals surface area contributed by atoms with Crippen LogP contribution in [0, 0.1) is 5.41 Å². The van der Waals surface area contributed by atoms with Gasteiger partial charge in [-0.2, -0.15) is 5.10 Å². The molecule has 1 aromatic rings. The summed E-state index contributed by atoms with van der Waals surface area (Å²) >= 11 is 0. The number of aromatic amines is 1. The van der Waals surface area contributed by atoms with E-state index in [0.717, 1.165) is 31.6 Å². The Morgan fingerprint density at radius 1 is 1.58 bits per heavy atom. The minimum atomic E-state index is 0.381. The van der Waals surface area contributed by atoms with Crippen LogP contribution < -0.4 is 5.73 Å². The van der Waals surface area contributed by atoms with Gasteiger partial charge in [-0.05, 0) is 25.8 Å². The minimum absolute atomic E-state index is 0.381. The summed E-state index contributed by atoms with van der Waals surface area (Å²) in [6, 6.07) is 1.83. The highest BCUT2D eigenvalue weighted by molar-refractivity contribution is 6.01. The van der Waals surface area contributed by atoms with Gasteiger partial charge in [0.1, 0.15) is 11.7 Å². The van der Waals surface area contributed by atoms with Gasteiger partial charge in [0.2, 0.25) is 0 Å². The second-order valence-electron chi connectivity index (χ2n) is 4.60. The molecule has 1 aromatic heterocycles. The van der Waals surface area contributed by atoms with Crippen molar-refractivity contribution in [3.63, 3.8) is 0 Å². The standard InChI is InChI=1S/C13H20N6/c1-2-5-10-8-13(18-17-10)16-11(14)9-12(15)19-6-3-4-7-19/h2,5,8,15H,3-4,6-7,9H2,1H3,(H3,14,16,17,18)/b5-2+,15-12?. The smallest absolute Gasteiger partial charge is 0.175 e. The fraction of sp³-hybridized carbons (Fsp3) is 0.462. The number of H-pyrrole nitrogens is 1. The lowest BCUT2D eigenvalue weighted by Gasteiger charge is -2.17. The normalized spacial score (nSPS) is 16.5. The van der Waals surface area contributed by atoms with Crippen molar-refractivity contribution in [2.24, 2.45) is 10.7 Å². The number of hydrogen-bond acceptors (Lipinski definition) is 3. The van der Waals surface area contributed by atoms with E-state index in [1.54, 1.807) is 0 Å². The molecule has 6 nitrogen and oxygen atoms in total. The quantitative estimate of drug-likeness (QED) is 0.570. The van der Waals surface area contributed by atoms with E-state index in [1.807, 2.05) is 25.1 Å². The van der Waals surface area contributed by atoms with Gasteiger partial charge in [-0.25, -0.2) is 4.99 Å². The highest BCUT2D eigenvalue weighted by Crippen LogP contribution is 2.12. The molecule has 1 fully saturated rings. The molecule has 19 heavy (non-hydrogen) atoms. The lowest BCUT2D eigenvalue weighted by Crippen LogP contribution is -2.31. The number of aromatic nitrogens is 2. The SMILES string of the molecule is C/C=C/c1cc(N=C(N)CC(=N)N2CCCC2)n[nH]1. The van der Waals surface area contributed by atoms with Crippen molar-refractivity contribution >= 4 is 23.6 Å². The van der Waals surface area contributed by atoms with E-state index in [1.165, 1.54) is 0 Å². The number of likely N-dealkylation sites (tertiary alicyclic amines) is 1. The second kappa shape index (κ2) is 6.17. The zero-order valence-electron chi connectivity index (χ0n) is 11.2. The Bertz CT molecular complexity index is 493. The van der Waals surface area contributed by atoms with Crippen LogP contribution in [0.15, 0.2) is 17.1 Å². The summed E-state index contributed by atoms with van der Waals surface area (Å²) in [7, 11) is 0. The molecule has 102 valence electrons. The van der Waals surface area contributed by atoms with E-state index in [0.29, 0.717) is 23.9 Å². The van der Waals surface area contributed by atoms with Crippen LogP contribution in [0.4, 0.5) is 5.82 Å². The van der Waals surface area contributed by atoms with E-state index in [9.17, 15) is 0 Å². The molecule has 6 heteroatoms. The summed E-state index contributed by atoms with van der Waals surface area (Å²) in [6.45, 7) is 3.86. The number of nitrogens with two attached hydrogens (primary N) is 1. The van der Waals surface area contributed by atoms with Gasteiger partial charge in [0.05, 0.1) is 12.1 Å². The fourth-order valence-corrected chi connectivity index (χ4v) is 2.10. The van der Waals surface area contributed by atoms with Crippen LogP contribution in [0.5, 0.6) is 0 Å². The molecular formula is C13H20N6. The van der Waals surface area contributed by atoms with Gasteiger partial charge in [0.25, 0.3) is 0 Å². The Balaban J connectivity index is 1.95. The van der Waals surface area contributed by atoms with E-state index >= 15 is 0 Å². The molecule has 4 N–H and O–H groups in total. The summed E-state index contributed by atoms with van der Waals surface area (Å²) in [4.78, 5) is 6.28. The van der Waals surface area contributed by atoms with Crippen LogP contribution in [0.3, 0.4) is 0 Å². The molecule has 0 radical (unpaired) electrons. The Hall–Kier alpha value is -2.11. The maximum Gasteiger partial charge on any atom is 0.175 e. The third-order valence-electron chi connectivity index (χ3n) is 3.02. The molecule has 1 aliphatic heterocycles. The Morgan fingerprint density at radius 3 is 3.00 bits per heavy atom. The molecule has 1 aliphatic rings. The molecule has 1 saturated heterocycles. The highest BCUT2D eigenvalue weighted by Gasteiger charge is 2.15. The maximum absolute atomic E-state index is 7.98. The molecule has 0 spiro atoms. The molecule has 0 unspecified atom stereocenters. The van der Waals surface area contributed by atoms with Crippen LogP contribution >= 0.6 is 0 Å². The van der Waals surface area contributed by atoms with E-state index in [-0.39, 0.29) is 0 Å². The first-order chi connectivity index (χ1) is 9.19. The molecule has 0 aliphatic carbocycles. The highest BCUT2D eigenvalue weighted by atomic mass is 15.2. The van der Waals surface area contributed by atoms with Gasteiger partial charge in [-0.15, -0.1) is 0 Å². The number of nitrogens with one attached hydrogen (secondary N) is 2. The number of allylic oxidation sites excluding steroid dienone is 1. The summed E-state index contributed by atoms with van der Waals surface area (Å²) < 4.78 is 0. The number of nitrogens with zero attached hydrogens (tertiary/aromatic N) is 3. The van der Waals surface area contributed by atoms with Crippen LogP contribution in [-0.2, 0) is 0 Å². The molecule has 0 bridgehead atoms. The van der Waals surface area contributed by atoms with Gasteiger partial charge < -0.3 is 10.6 Å². The monoisotopic (exact) mass is 260 g/mol. The van der Waals surface area contributed by atoms with E-state index in [2.05, 4.69) is 20.1 Å². The van der Waals surface area contributed by atoms with Crippen molar-refractivity contribution in [1.29, 1.82) is 5.41 Å². The lowest BCUT2D eigenvalue weighted by atomic mass is 10.3. The molecule has 0 aromatic carbocycles. The number of aliphatic imine (C=N–C) groups is 1. The van der Waals surface area contributed by atoms with Crippen molar-refractivity contribution in [2.45, 2.75) is 26.2 Å². The molecule has 2 heterocycles.